The van der Waals surface area contributed by atoms with Gasteiger partial charge in [-0.05, 0) is 42.3 Å². The number of nitrogens with one attached hydrogen (secondary N) is 1. The van der Waals surface area contributed by atoms with Gasteiger partial charge in [0.05, 0.1) is 29.7 Å². The molecule has 5 aromatic rings. The molecular formula is C31H27N3O3S. The summed E-state index contributed by atoms with van der Waals surface area (Å²) in [6.45, 7) is 2.73. The normalized spacial score (nSPS) is 11.7. The van der Waals surface area contributed by atoms with Crippen LogP contribution in [0.2, 0.25) is 0 Å². The number of benzene rings is 4. The van der Waals surface area contributed by atoms with Gasteiger partial charge in [-0.15, -0.1) is 0 Å². The topological polar surface area (TPSA) is 73.2 Å². The van der Waals surface area contributed by atoms with Gasteiger partial charge in [-0.2, -0.15) is 0 Å². The van der Waals surface area contributed by atoms with E-state index in [0.29, 0.717) is 40.6 Å². The molecule has 5 rings (SSSR count). The average molecular weight is 522 g/mol. The molecule has 0 aliphatic rings. The number of ether oxygens (including phenoxy) is 1. The highest BCUT2D eigenvalue weighted by Gasteiger charge is 2.26. The lowest BCUT2D eigenvalue weighted by molar-refractivity contribution is -0.115. The molecule has 0 aliphatic carbocycles. The Morgan fingerprint density at radius 2 is 1.55 bits per heavy atom. The molecule has 38 heavy (non-hydrogen) atoms. The smallest absolute Gasteiger partial charge is 0.262 e. The number of para-hydroxylation sites is 3. The summed E-state index contributed by atoms with van der Waals surface area (Å²) in [5.74, 6) is 0.368. The van der Waals surface area contributed by atoms with Gasteiger partial charge in [0.1, 0.15) is 11.0 Å². The van der Waals surface area contributed by atoms with Gasteiger partial charge in [0.2, 0.25) is 5.91 Å². The SMILES string of the molecule is CCOc1ccccc1NC(=O)C(Sc1nc2ccccc2c(=O)n1Cc1ccccc1)c1ccccc1. The molecule has 0 saturated heterocycles. The molecule has 1 heterocycles. The Balaban J connectivity index is 1.57. The van der Waals surface area contributed by atoms with Gasteiger partial charge in [0, 0.05) is 0 Å². The predicted molar refractivity (Wildman–Crippen MR) is 153 cm³/mol. The first-order valence-electron chi connectivity index (χ1n) is 12.4. The maximum atomic E-state index is 13.8. The standard InChI is InChI=1S/C31H27N3O3S/c1-2-37-27-20-12-11-19-26(27)32-29(35)28(23-15-7-4-8-16-23)38-31-33-25-18-10-9-17-24(25)30(36)34(31)21-22-13-5-3-6-14-22/h3-20,28H,2,21H2,1H3,(H,32,35). The van der Waals surface area contributed by atoms with E-state index in [0.717, 1.165) is 11.1 Å². The Kier molecular flexibility index (Phi) is 7.85. The van der Waals surface area contributed by atoms with Crippen molar-refractivity contribution in [2.24, 2.45) is 0 Å². The molecule has 1 amide bonds. The number of nitrogens with zero attached hydrogens (tertiary/aromatic N) is 2. The molecule has 0 bridgehead atoms. The third kappa shape index (κ3) is 5.63. The van der Waals surface area contributed by atoms with Crippen molar-refractivity contribution in [1.29, 1.82) is 0 Å². The van der Waals surface area contributed by atoms with Crippen LogP contribution in [-0.4, -0.2) is 22.1 Å². The van der Waals surface area contributed by atoms with Crippen molar-refractivity contribution < 1.29 is 9.53 Å². The highest BCUT2D eigenvalue weighted by molar-refractivity contribution is 8.00. The summed E-state index contributed by atoms with van der Waals surface area (Å²) in [5.41, 5.74) is 2.82. The fourth-order valence-corrected chi connectivity index (χ4v) is 5.29. The molecule has 1 atom stereocenters. The van der Waals surface area contributed by atoms with Gasteiger partial charge in [-0.3, -0.25) is 14.2 Å². The third-order valence-corrected chi connectivity index (χ3v) is 7.26. The minimum Gasteiger partial charge on any atom is -0.492 e. The van der Waals surface area contributed by atoms with E-state index in [2.05, 4.69) is 5.32 Å². The van der Waals surface area contributed by atoms with E-state index in [1.807, 2.05) is 110 Å². The summed E-state index contributed by atoms with van der Waals surface area (Å²) in [5, 5.41) is 3.38. The van der Waals surface area contributed by atoms with Gasteiger partial charge in [-0.1, -0.05) is 96.7 Å². The van der Waals surface area contributed by atoms with Crippen molar-refractivity contribution in [2.75, 3.05) is 11.9 Å². The Hall–Kier alpha value is -4.36. The van der Waals surface area contributed by atoms with E-state index < -0.39 is 5.25 Å². The number of carbonyl (C=O) groups is 1. The number of carbonyl (C=O) groups excluding carboxylic acids is 1. The van der Waals surface area contributed by atoms with E-state index in [4.69, 9.17) is 9.72 Å². The molecule has 4 aromatic carbocycles. The van der Waals surface area contributed by atoms with Gasteiger partial charge in [0.15, 0.2) is 5.16 Å². The number of fused-ring (bicyclic) bond motifs is 1. The van der Waals surface area contributed by atoms with Crippen molar-refractivity contribution >= 4 is 34.3 Å². The Labute approximate surface area is 225 Å². The monoisotopic (exact) mass is 521 g/mol. The maximum absolute atomic E-state index is 13.8. The van der Waals surface area contributed by atoms with Crippen LogP contribution in [0.5, 0.6) is 5.75 Å². The number of anilines is 1. The summed E-state index contributed by atoms with van der Waals surface area (Å²) in [6, 6.07) is 34.0. The lowest BCUT2D eigenvalue weighted by Crippen LogP contribution is -2.26. The maximum Gasteiger partial charge on any atom is 0.262 e. The molecule has 7 heteroatoms. The van der Waals surface area contributed by atoms with Crippen LogP contribution < -0.4 is 15.6 Å². The van der Waals surface area contributed by atoms with Crippen molar-refractivity contribution in [1.82, 2.24) is 9.55 Å². The van der Waals surface area contributed by atoms with Crippen LogP contribution in [0.4, 0.5) is 5.69 Å². The molecule has 0 saturated carbocycles. The number of rotatable bonds is 9. The Bertz CT molecular complexity index is 1600. The first-order chi connectivity index (χ1) is 18.6. The second kappa shape index (κ2) is 11.8. The minimum atomic E-state index is -0.666. The van der Waals surface area contributed by atoms with E-state index in [-0.39, 0.29) is 11.5 Å². The number of hydrogen-bond donors (Lipinski definition) is 1. The third-order valence-electron chi connectivity index (χ3n) is 6.02. The number of amides is 1. The summed E-state index contributed by atoms with van der Waals surface area (Å²) >= 11 is 1.26. The zero-order chi connectivity index (χ0) is 26.3. The average Bonchev–Trinajstić information content (AvgIpc) is 2.96. The van der Waals surface area contributed by atoms with Crippen LogP contribution in [0.25, 0.3) is 10.9 Å². The fourth-order valence-electron chi connectivity index (χ4n) is 4.20. The minimum absolute atomic E-state index is 0.143. The van der Waals surface area contributed by atoms with Crippen LogP contribution >= 0.6 is 11.8 Å². The van der Waals surface area contributed by atoms with Crippen LogP contribution in [0.1, 0.15) is 23.3 Å². The highest BCUT2D eigenvalue weighted by Crippen LogP contribution is 2.36. The van der Waals surface area contributed by atoms with Crippen molar-refractivity contribution in [3.8, 4) is 5.75 Å². The van der Waals surface area contributed by atoms with E-state index in [1.165, 1.54) is 11.8 Å². The first-order valence-corrected chi connectivity index (χ1v) is 13.3. The van der Waals surface area contributed by atoms with Gasteiger partial charge >= 0.3 is 0 Å². The molecule has 1 unspecified atom stereocenters. The van der Waals surface area contributed by atoms with Crippen molar-refractivity contribution in [3.63, 3.8) is 0 Å². The predicted octanol–water partition coefficient (Wildman–Crippen LogP) is 6.32. The van der Waals surface area contributed by atoms with E-state index >= 15 is 0 Å². The number of aromatic nitrogens is 2. The number of hydrogen-bond acceptors (Lipinski definition) is 5. The second-order valence-corrected chi connectivity index (χ2v) is 9.69. The zero-order valence-electron chi connectivity index (χ0n) is 20.9. The molecule has 0 fully saturated rings. The highest BCUT2D eigenvalue weighted by atomic mass is 32.2. The van der Waals surface area contributed by atoms with E-state index in [1.54, 1.807) is 10.6 Å². The Morgan fingerprint density at radius 1 is 0.895 bits per heavy atom. The molecule has 1 N–H and O–H groups in total. The van der Waals surface area contributed by atoms with Crippen LogP contribution in [0, 0.1) is 0 Å². The lowest BCUT2D eigenvalue weighted by atomic mass is 10.1. The molecule has 6 nitrogen and oxygen atoms in total. The van der Waals surface area contributed by atoms with Gasteiger partial charge in [-0.25, -0.2) is 4.98 Å². The van der Waals surface area contributed by atoms with Gasteiger partial charge < -0.3 is 10.1 Å². The molecule has 0 spiro atoms. The molecule has 1 aromatic heterocycles. The summed E-state index contributed by atoms with van der Waals surface area (Å²) < 4.78 is 7.36. The summed E-state index contributed by atoms with van der Waals surface area (Å²) in [7, 11) is 0. The van der Waals surface area contributed by atoms with Crippen molar-refractivity contribution in [2.45, 2.75) is 23.9 Å². The number of thioether (sulfide) groups is 1. The molecule has 0 aliphatic heterocycles. The largest absolute Gasteiger partial charge is 0.492 e. The van der Waals surface area contributed by atoms with Crippen LogP contribution in [0.15, 0.2) is 119 Å². The van der Waals surface area contributed by atoms with Gasteiger partial charge in [0.25, 0.3) is 5.56 Å². The molecule has 0 radical (unpaired) electrons. The van der Waals surface area contributed by atoms with Crippen molar-refractivity contribution in [3.05, 3.63) is 131 Å². The van der Waals surface area contributed by atoms with E-state index in [9.17, 15) is 9.59 Å². The van der Waals surface area contributed by atoms with Crippen LogP contribution in [-0.2, 0) is 11.3 Å². The molecular weight excluding hydrogens is 494 g/mol. The zero-order valence-corrected chi connectivity index (χ0v) is 21.7. The summed E-state index contributed by atoms with van der Waals surface area (Å²) in [6.07, 6.45) is 0. The Morgan fingerprint density at radius 3 is 2.32 bits per heavy atom. The first kappa shape index (κ1) is 25.3. The molecule has 190 valence electrons. The second-order valence-electron chi connectivity index (χ2n) is 8.62. The van der Waals surface area contributed by atoms with Crippen LogP contribution in [0.3, 0.4) is 0 Å². The lowest BCUT2D eigenvalue weighted by Gasteiger charge is -2.20. The fraction of sp³-hybridized carbons (Fsp3) is 0.129. The summed E-state index contributed by atoms with van der Waals surface area (Å²) in [4.78, 5) is 32.3. The quantitative estimate of drug-likeness (QED) is 0.182.